The van der Waals surface area contributed by atoms with Crippen molar-refractivity contribution < 1.29 is 9.90 Å². The molecule has 1 heterocycles. The van der Waals surface area contributed by atoms with Gasteiger partial charge < -0.3 is 10.0 Å². The Hall–Kier alpha value is -2.36. The number of anilines is 2. The molecule has 20 heavy (non-hydrogen) atoms. The van der Waals surface area contributed by atoms with Gasteiger partial charge in [-0.1, -0.05) is 37.6 Å². The summed E-state index contributed by atoms with van der Waals surface area (Å²) in [6.45, 7) is 2.95. The molecule has 1 aromatic carbocycles. The summed E-state index contributed by atoms with van der Waals surface area (Å²) in [6.07, 6.45) is 2.09. The number of aromatic nitrogens is 1. The third kappa shape index (κ3) is 3.35. The van der Waals surface area contributed by atoms with Gasteiger partial charge in [0.2, 0.25) is 0 Å². The van der Waals surface area contributed by atoms with Crippen LogP contribution in [0.3, 0.4) is 0 Å². The third-order valence-corrected chi connectivity index (χ3v) is 3.03. The molecule has 0 radical (unpaired) electrons. The summed E-state index contributed by atoms with van der Waals surface area (Å²) >= 11 is 0. The Morgan fingerprint density at radius 3 is 2.55 bits per heavy atom. The van der Waals surface area contributed by atoms with Crippen molar-refractivity contribution in [3.63, 3.8) is 0 Å². The van der Waals surface area contributed by atoms with Crippen LogP contribution in [0.5, 0.6) is 0 Å². The number of pyridine rings is 1. The third-order valence-electron chi connectivity index (χ3n) is 3.03. The zero-order valence-electron chi connectivity index (χ0n) is 11.5. The number of carboxylic acid groups (broad SMARTS) is 1. The molecule has 0 fully saturated rings. The minimum atomic E-state index is -1.00. The molecule has 0 atom stereocenters. The van der Waals surface area contributed by atoms with Gasteiger partial charge in [-0.25, -0.2) is 9.78 Å². The van der Waals surface area contributed by atoms with Crippen molar-refractivity contribution in [3.05, 3.63) is 54.2 Å². The molecule has 0 saturated carbocycles. The number of hydrogen-bond donors (Lipinski definition) is 1. The van der Waals surface area contributed by atoms with E-state index in [1.54, 1.807) is 6.07 Å². The Labute approximate surface area is 118 Å². The summed E-state index contributed by atoms with van der Waals surface area (Å²) < 4.78 is 0. The predicted octanol–water partition coefficient (Wildman–Crippen LogP) is 3.72. The van der Waals surface area contributed by atoms with Gasteiger partial charge in [0, 0.05) is 12.2 Å². The second-order valence-electron chi connectivity index (χ2n) is 4.53. The molecule has 104 valence electrons. The van der Waals surface area contributed by atoms with E-state index in [1.165, 1.54) is 6.07 Å². The Morgan fingerprint density at radius 2 is 1.90 bits per heavy atom. The fraction of sp³-hybridized carbons (Fsp3) is 0.250. The van der Waals surface area contributed by atoms with Crippen molar-refractivity contribution in [2.24, 2.45) is 0 Å². The molecule has 0 aliphatic carbocycles. The first kappa shape index (κ1) is 14.1. The molecule has 2 rings (SSSR count). The number of hydrogen-bond acceptors (Lipinski definition) is 3. The van der Waals surface area contributed by atoms with Crippen LogP contribution in [0, 0.1) is 0 Å². The SMILES string of the molecule is CCCCN(c1ccccc1)c1cccc(C(=O)O)n1. The zero-order valence-corrected chi connectivity index (χ0v) is 11.5. The Bertz CT molecular complexity index is 570. The van der Waals surface area contributed by atoms with Gasteiger partial charge in [-0.2, -0.15) is 0 Å². The maximum Gasteiger partial charge on any atom is 0.354 e. The topological polar surface area (TPSA) is 53.4 Å². The van der Waals surface area contributed by atoms with Crippen LogP contribution in [-0.4, -0.2) is 22.6 Å². The largest absolute Gasteiger partial charge is 0.477 e. The van der Waals surface area contributed by atoms with Crippen molar-refractivity contribution in [1.82, 2.24) is 4.98 Å². The molecule has 0 bridgehead atoms. The standard InChI is InChI=1S/C16H18N2O2/c1-2-3-12-18(13-8-5-4-6-9-13)15-11-7-10-14(17-15)16(19)20/h4-11H,2-3,12H2,1H3,(H,19,20). The van der Waals surface area contributed by atoms with Crippen LogP contribution in [0.2, 0.25) is 0 Å². The van der Waals surface area contributed by atoms with E-state index in [1.807, 2.05) is 36.4 Å². The lowest BCUT2D eigenvalue weighted by atomic mass is 10.2. The molecule has 4 heteroatoms. The number of para-hydroxylation sites is 1. The van der Waals surface area contributed by atoms with Gasteiger partial charge in [0.1, 0.15) is 5.82 Å². The van der Waals surface area contributed by atoms with E-state index in [0.717, 1.165) is 25.1 Å². The monoisotopic (exact) mass is 270 g/mol. The zero-order chi connectivity index (χ0) is 14.4. The number of nitrogens with zero attached hydrogens (tertiary/aromatic N) is 2. The highest BCUT2D eigenvalue weighted by molar-refractivity contribution is 5.86. The van der Waals surface area contributed by atoms with Crippen LogP contribution in [0.25, 0.3) is 0 Å². The first-order valence-corrected chi connectivity index (χ1v) is 6.75. The van der Waals surface area contributed by atoms with Crippen LogP contribution in [0.1, 0.15) is 30.3 Å². The number of carboxylic acids is 1. The van der Waals surface area contributed by atoms with E-state index >= 15 is 0 Å². The van der Waals surface area contributed by atoms with Crippen LogP contribution in [-0.2, 0) is 0 Å². The number of unbranched alkanes of at least 4 members (excludes halogenated alkanes) is 1. The summed E-state index contributed by atoms with van der Waals surface area (Å²) in [7, 11) is 0. The van der Waals surface area contributed by atoms with E-state index in [4.69, 9.17) is 5.11 Å². The van der Waals surface area contributed by atoms with Gasteiger partial charge in [-0.05, 0) is 30.7 Å². The quantitative estimate of drug-likeness (QED) is 0.869. The van der Waals surface area contributed by atoms with E-state index < -0.39 is 5.97 Å². The molecule has 0 spiro atoms. The second kappa shape index (κ2) is 6.70. The van der Waals surface area contributed by atoms with Crippen LogP contribution in [0.15, 0.2) is 48.5 Å². The second-order valence-corrected chi connectivity index (χ2v) is 4.53. The van der Waals surface area contributed by atoms with Gasteiger partial charge in [0.15, 0.2) is 5.69 Å². The molecule has 0 unspecified atom stereocenters. The van der Waals surface area contributed by atoms with E-state index in [-0.39, 0.29) is 5.69 Å². The predicted molar refractivity (Wildman–Crippen MR) is 79.6 cm³/mol. The molecule has 1 N–H and O–H groups in total. The summed E-state index contributed by atoms with van der Waals surface area (Å²) in [4.78, 5) is 17.3. The Kier molecular flexibility index (Phi) is 4.71. The van der Waals surface area contributed by atoms with Gasteiger partial charge in [-0.3, -0.25) is 0 Å². The van der Waals surface area contributed by atoms with Crippen molar-refractivity contribution in [3.8, 4) is 0 Å². The van der Waals surface area contributed by atoms with Gasteiger partial charge in [0.25, 0.3) is 0 Å². The molecule has 2 aromatic rings. The van der Waals surface area contributed by atoms with E-state index in [2.05, 4.69) is 16.8 Å². The highest BCUT2D eigenvalue weighted by atomic mass is 16.4. The number of benzene rings is 1. The minimum Gasteiger partial charge on any atom is -0.477 e. The average molecular weight is 270 g/mol. The highest BCUT2D eigenvalue weighted by Gasteiger charge is 2.12. The van der Waals surface area contributed by atoms with Crippen molar-refractivity contribution >= 4 is 17.5 Å². The lowest BCUT2D eigenvalue weighted by molar-refractivity contribution is 0.0690. The minimum absolute atomic E-state index is 0.0694. The first-order chi connectivity index (χ1) is 9.72. The molecule has 0 amide bonds. The van der Waals surface area contributed by atoms with Gasteiger partial charge in [-0.15, -0.1) is 0 Å². The number of rotatable bonds is 6. The smallest absolute Gasteiger partial charge is 0.354 e. The van der Waals surface area contributed by atoms with Gasteiger partial charge >= 0.3 is 5.97 Å². The van der Waals surface area contributed by atoms with Gasteiger partial charge in [0.05, 0.1) is 0 Å². The maximum atomic E-state index is 11.0. The fourth-order valence-corrected chi connectivity index (χ4v) is 1.99. The van der Waals surface area contributed by atoms with Crippen LogP contribution < -0.4 is 4.90 Å². The maximum absolute atomic E-state index is 11.0. The molecule has 1 aromatic heterocycles. The Morgan fingerprint density at radius 1 is 1.15 bits per heavy atom. The molecular formula is C16H18N2O2. The van der Waals surface area contributed by atoms with Crippen LogP contribution in [0.4, 0.5) is 11.5 Å². The first-order valence-electron chi connectivity index (χ1n) is 6.75. The molecule has 0 aliphatic rings. The number of aromatic carboxylic acids is 1. The highest BCUT2D eigenvalue weighted by Crippen LogP contribution is 2.24. The average Bonchev–Trinajstić information content (AvgIpc) is 2.49. The molecule has 0 saturated heterocycles. The fourth-order valence-electron chi connectivity index (χ4n) is 1.99. The van der Waals surface area contributed by atoms with Crippen LogP contribution >= 0.6 is 0 Å². The summed E-state index contributed by atoms with van der Waals surface area (Å²) in [5.74, 6) is -0.333. The normalized spacial score (nSPS) is 10.2. The lowest BCUT2D eigenvalue weighted by Gasteiger charge is -2.24. The van der Waals surface area contributed by atoms with E-state index in [0.29, 0.717) is 5.82 Å². The van der Waals surface area contributed by atoms with E-state index in [9.17, 15) is 4.79 Å². The molecular weight excluding hydrogens is 252 g/mol. The Balaban J connectivity index is 2.36. The number of carbonyl (C=O) groups is 1. The van der Waals surface area contributed by atoms with Crippen molar-refractivity contribution in [2.45, 2.75) is 19.8 Å². The molecule has 4 nitrogen and oxygen atoms in total. The summed E-state index contributed by atoms with van der Waals surface area (Å²) in [5.41, 5.74) is 1.09. The summed E-state index contributed by atoms with van der Waals surface area (Å²) in [5, 5.41) is 9.06. The van der Waals surface area contributed by atoms with Crippen molar-refractivity contribution in [1.29, 1.82) is 0 Å². The molecule has 0 aliphatic heterocycles. The van der Waals surface area contributed by atoms with Crippen molar-refractivity contribution in [2.75, 3.05) is 11.4 Å². The lowest BCUT2D eigenvalue weighted by Crippen LogP contribution is -2.20. The summed E-state index contributed by atoms with van der Waals surface area (Å²) in [6, 6.07) is 15.0.